The minimum absolute atomic E-state index is 0.124. The molecule has 2 rings (SSSR count). The zero-order valence-electron chi connectivity index (χ0n) is 10.5. The number of hydrogen-bond donors (Lipinski definition) is 1. The second-order valence-electron chi connectivity index (χ2n) is 4.88. The number of nitrogens with two attached hydrogens (primary N) is 1. The second-order valence-corrected chi connectivity index (χ2v) is 4.88. The average Bonchev–Trinajstić information content (AvgIpc) is 2.31. The van der Waals surface area contributed by atoms with E-state index in [1.54, 1.807) is 6.07 Å². The highest BCUT2D eigenvalue weighted by molar-refractivity contribution is 5.39. The van der Waals surface area contributed by atoms with Gasteiger partial charge in [0.15, 0.2) is 0 Å². The first-order chi connectivity index (χ1) is 8.10. The number of benzene rings is 1. The fourth-order valence-corrected chi connectivity index (χ4v) is 2.69. The van der Waals surface area contributed by atoms with Gasteiger partial charge < -0.3 is 10.5 Å². The van der Waals surface area contributed by atoms with Crippen molar-refractivity contribution in [2.45, 2.75) is 51.2 Å². The molecule has 1 aromatic rings. The molecule has 1 heterocycles. The van der Waals surface area contributed by atoms with Crippen LogP contribution in [0.25, 0.3) is 0 Å². The summed E-state index contributed by atoms with van der Waals surface area (Å²) in [5.41, 5.74) is 6.78. The van der Waals surface area contributed by atoms with Crippen molar-refractivity contribution < 1.29 is 9.13 Å². The molecule has 2 atom stereocenters. The fraction of sp³-hybridized carbons (Fsp3) is 0.571. The molecule has 1 aliphatic heterocycles. The standard InChI is InChI=1S/C14H20FNO/c1-3-7-14(4-2)9-12(16)11-8-10(15)5-6-13(11)17-14/h5-6,8,12H,3-4,7,9,16H2,1-2H3. The highest BCUT2D eigenvalue weighted by atomic mass is 19.1. The van der Waals surface area contributed by atoms with E-state index in [9.17, 15) is 4.39 Å². The van der Waals surface area contributed by atoms with Crippen molar-refractivity contribution >= 4 is 0 Å². The Morgan fingerprint density at radius 1 is 1.47 bits per heavy atom. The summed E-state index contributed by atoms with van der Waals surface area (Å²) in [6, 6.07) is 4.50. The van der Waals surface area contributed by atoms with E-state index in [0.717, 1.165) is 37.0 Å². The lowest BCUT2D eigenvalue weighted by Crippen LogP contribution is -2.42. The molecule has 1 aliphatic rings. The Hall–Kier alpha value is -1.09. The molecular formula is C14H20FNO. The predicted octanol–water partition coefficient (Wildman–Crippen LogP) is 3.56. The molecular weight excluding hydrogens is 217 g/mol. The maximum atomic E-state index is 13.2. The lowest BCUT2D eigenvalue weighted by atomic mass is 9.83. The molecule has 0 fully saturated rings. The molecule has 0 bridgehead atoms. The van der Waals surface area contributed by atoms with Crippen molar-refractivity contribution in [3.63, 3.8) is 0 Å². The Balaban J connectivity index is 2.35. The Kier molecular flexibility index (Phi) is 3.38. The van der Waals surface area contributed by atoms with Gasteiger partial charge in [0, 0.05) is 18.0 Å². The van der Waals surface area contributed by atoms with Gasteiger partial charge in [-0.15, -0.1) is 0 Å². The van der Waals surface area contributed by atoms with Gasteiger partial charge in [-0.05, 0) is 31.0 Å². The van der Waals surface area contributed by atoms with Crippen LogP contribution in [0.2, 0.25) is 0 Å². The molecule has 94 valence electrons. The third kappa shape index (κ3) is 2.29. The molecule has 0 amide bonds. The smallest absolute Gasteiger partial charge is 0.125 e. The lowest BCUT2D eigenvalue weighted by Gasteiger charge is -2.41. The van der Waals surface area contributed by atoms with Gasteiger partial charge in [0.05, 0.1) is 0 Å². The summed E-state index contributed by atoms with van der Waals surface area (Å²) in [4.78, 5) is 0. The number of fused-ring (bicyclic) bond motifs is 1. The molecule has 0 aromatic heterocycles. The van der Waals surface area contributed by atoms with Crippen LogP contribution in [0.4, 0.5) is 4.39 Å². The van der Waals surface area contributed by atoms with Crippen molar-refractivity contribution in [1.82, 2.24) is 0 Å². The van der Waals surface area contributed by atoms with Crippen LogP contribution in [0.5, 0.6) is 5.75 Å². The van der Waals surface area contributed by atoms with Crippen LogP contribution in [-0.4, -0.2) is 5.60 Å². The highest BCUT2D eigenvalue weighted by Gasteiger charge is 2.37. The molecule has 0 aliphatic carbocycles. The zero-order chi connectivity index (χ0) is 12.5. The monoisotopic (exact) mass is 237 g/mol. The third-order valence-corrected chi connectivity index (χ3v) is 3.64. The maximum absolute atomic E-state index is 13.2. The topological polar surface area (TPSA) is 35.2 Å². The van der Waals surface area contributed by atoms with Gasteiger partial charge in [0.1, 0.15) is 17.2 Å². The number of hydrogen-bond acceptors (Lipinski definition) is 2. The van der Waals surface area contributed by atoms with E-state index in [4.69, 9.17) is 10.5 Å². The van der Waals surface area contributed by atoms with Crippen LogP contribution in [0.15, 0.2) is 18.2 Å². The largest absolute Gasteiger partial charge is 0.487 e. The van der Waals surface area contributed by atoms with Crippen LogP contribution in [0, 0.1) is 5.82 Å². The van der Waals surface area contributed by atoms with Gasteiger partial charge in [-0.1, -0.05) is 20.3 Å². The van der Waals surface area contributed by atoms with E-state index in [-0.39, 0.29) is 17.5 Å². The molecule has 0 saturated heterocycles. The molecule has 3 heteroatoms. The first-order valence-electron chi connectivity index (χ1n) is 6.34. The summed E-state index contributed by atoms with van der Waals surface area (Å²) in [6.07, 6.45) is 3.77. The van der Waals surface area contributed by atoms with Gasteiger partial charge >= 0.3 is 0 Å². The van der Waals surface area contributed by atoms with Crippen LogP contribution in [0.1, 0.15) is 51.1 Å². The van der Waals surface area contributed by atoms with E-state index in [2.05, 4.69) is 13.8 Å². The van der Waals surface area contributed by atoms with Crippen molar-refractivity contribution in [1.29, 1.82) is 0 Å². The minimum atomic E-state index is -0.248. The first kappa shape index (κ1) is 12.4. The molecule has 17 heavy (non-hydrogen) atoms. The van der Waals surface area contributed by atoms with E-state index in [0.29, 0.717) is 0 Å². The number of halogens is 1. The SMILES string of the molecule is CCCC1(CC)CC(N)c2cc(F)ccc2O1. The first-order valence-corrected chi connectivity index (χ1v) is 6.34. The fourth-order valence-electron chi connectivity index (χ4n) is 2.69. The average molecular weight is 237 g/mol. The lowest BCUT2D eigenvalue weighted by molar-refractivity contribution is 0.0229. The van der Waals surface area contributed by atoms with Crippen LogP contribution in [0.3, 0.4) is 0 Å². The molecule has 0 spiro atoms. The van der Waals surface area contributed by atoms with Gasteiger partial charge in [-0.25, -0.2) is 4.39 Å². The normalized spacial score (nSPS) is 27.4. The predicted molar refractivity (Wildman–Crippen MR) is 66.5 cm³/mol. The minimum Gasteiger partial charge on any atom is -0.487 e. The Bertz CT molecular complexity index is 407. The van der Waals surface area contributed by atoms with Crippen molar-refractivity contribution in [3.05, 3.63) is 29.6 Å². The summed E-state index contributed by atoms with van der Waals surface area (Å²) in [7, 11) is 0. The van der Waals surface area contributed by atoms with Crippen LogP contribution >= 0.6 is 0 Å². The quantitative estimate of drug-likeness (QED) is 0.872. The number of rotatable bonds is 3. The summed E-state index contributed by atoms with van der Waals surface area (Å²) in [5, 5.41) is 0. The van der Waals surface area contributed by atoms with Gasteiger partial charge in [-0.3, -0.25) is 0 Å². The summed E-state index contributed by atoms with van der Waals surface area (Å²) >= 11 is 0. The molecule has 0 radical (unpaired) electrons. The van der Waals surface area contributed by atoms with Crippen LogP contribution in [-0.2, 0) is 0 Å². The van der Waals surface area contributed by atoms with Crippen LogP contribution < -0.4 is 10.5 Å². The molecule has 2 nitrogen and oxygen atoms in total. The van der Waals surface area contributed by atoms with E-state index < -0.39 is 0 Å². The molecule has 2 N–H and O–H groups in total. The van der Waals surface area contributed by atoms with E-state index >= 15 is 0 Å². The van der Waals surface area contributed by atoms with Crippen molar-refractivity contribution in [3.8, 4) is 5.75 Å². The van der Waals surface area contributed by atoms with E-state index in [1.165, 1.54) is 12.1 Å². The van der Waals surface area contributed by atoms with Gasteiger partial charge in [-0.2, -0.15) is 0 Å². The Labute approximate surface area is 102 Å². The highest BCUT2D eigenvalue weighted by Crippen LogP contribution is 2.42. The number of ether oxygens (including phenoxy) is 1. The van der Waals surface area contributed by atoms with Crippen molar-refractivity contribution in [2.75, 3.05) is 0 Å². The van der Waals surface area contributed by atoms with Crippen molar-refractivity contribution in [2.24, 2.45) is 5.73 Å². The Morgan fingerprint density at radius 2 is 2.24 bits per heavy atom. The summed E-state index contributed by atoms with van der Waals surface area (Å²) in [6.45, 7) is 4.27. The van der Waals surface area contributed by atoms with Gasteiger partial charge in [0.25, 0.3) is 0 Å². The zero-order valence-corrected chi connectivity index (χ0v) is 10.5. The Morgan fingerprint density at radius 3 is 2.88 bits per heavy atom. The second kappa shape index (κ2) is 4.65. The van der Waals surface area contributed by atoms with Gasteiger partial charge in [0.2, 0.25) is 0 Å². The van der Waals surface area contributed by atoms with E-state index in [1.807, 2.05) is 0 Å². The summed E-state index contributed by atoms with van der Waals surface area (Å²) < 4.78 is 19.3. The molecule has 0 saturated carbocycles. The molecule has 1 aromatic carbocycles. The summed E-state index contributed by atoms with van der Waals surface area (Å²) in [5.74, 6) is 0.503. The maximum Gasteiger partial charge on any atom is 0.125 e. The third-order valence-electron chi connectivity index (χ3n) is 3.64. The molecule has 2 unspecified atom stereocenters.